The van der Waals surface area contributed by atoms with Crippen LogP contribution >= 0.6 is 24.0 Å². The fourth-order valence-electron chi connectivity index (χ4n) is 3.78. The Morgan fingerprint density at radius 2 is 1.87 bits per heavy atom. The molecule has 3 N–H and O–H groups in total. The Morgan fingerprint density at radius 1 is 1.10 bits per heavy atom. The van der Waals surface area contributed by atoms with Gasteiger partial charge in [0.25, 0.3) is 5.91 Å². The van der Waals surface area contributed by atoms with E-state index in [9.17, 15) is 4.79 Å². The van der Waals surface area contributed by atoms with Crippen molar-refractivity contribution in [3.63, 3.8) is 0 Å². The second kappa shape index (κ2) is 13.4. The van der Waals surface area contributed by atoms with Gasteiger partial charge in [-0.25, -0.2) is 0 Å². The maximum absolute atomic E-state index is 12.2. The van der Waals surface area contributed by atoms with Crippen LogP contribution in [0.25, 0.3) is 0 Å². The minimum Gasteiger partial charge on any atom is -0.468 e. The molecule has 1 amide bonds. The summed E-state index contributed by atoms with van der Waals surface area (Å²) in [5.74, 6) is 1.63. The molecule has 1 unspecified atom stereocenters. The van der Waals surface area contributed by atoms with Gasteiger partial charge in [-0.1, -0.05) is 24.1 Å². The number of rotatable bonds is 8. The van der Waals surface area contributed by atoms with Crippen molar-refractivity contribution >= 4 is 35.8 Å². The summed E-state index contributed by atoms with van der Waals surface area (Å²) in [6, 6.07) is 11.7. The summed E-state index contributed by atoms with van der Waals surface area (Å²) in [4.78, 5) is 19.0. The quantitative estimate of drug-likeness (QED) is 0.208. The molecule has 2 aromatic rings. The van der Waals surface area contributed by atoms with Gasteiger partial charge in [-0.15, -0.1) is 24.0 Å². The van der Waals surface area contributed by atoms with E-state index in [4.69, 9.17) is 4.42 Å². The van der Waals surface area contributed by atoms with E-state index < -0.39 is 0 Å². The zero-order chi connectivity index (χ0) is 21.2. The van der Waals surface area contributed by atoms with Crippen molar-refractivity contribution in [1.29, 1.82) is 0 Å². The highest BCUT2D eigenvalue weighted by atomic mass is 127. The Morgan fingerprint density at radius 3 is 2.55 bits per heavy atom. The number of amides is 1. The summed E-state index contributed by atoms with van der Waals surface area (Å²) in [6.45, 7) is 5.97. The first kappa shape index (κ1) is 25.2. The Bertz CT molecular complexity index is 819. The Balaban J connectivity index is 0.00000341. The molecule has 3 rings (SSSR count). The fourth-order valence-corrected chi connectivity index (χ4v) is 3.78. The molecule has 0 radical (unpaired) electrons. The lowest BCUT2D eigenvalue weighted by Gasteiger charge is -2.33. The number of furan rings is 1. The smallest absolute Gasteiger partial charge is 0.251 e. The number of benzene rings is 1. The van der Waals surface area contributed by atoms with Gasteiger partial charge >= 0.3 is 0 Å². The number of halogens is 1. The molecule has 7 nitrogen and oxygen atoms in total. The van der Waals surface area contributed by atoms with Gasteiger partial charge in [0.2, 0.25) is 0 Å². The maximum Gasteiger partial charge on any atom is 0.251 e. The van der Waals surface area contributed by atoms with Crippen LogP contribution in [0.4, 0.5) is 0 Å². The number of aliphatic imine (C=N–C) groups is 1. The largest absolute Gasteiger partial charge is 0.468 e. The lowest BCUT2D eigenvalue weighted by Crippen LogP contribution is -2.46. The lowest BCUT2D eigenvalue weighted by atomic mass is 10.1. The number of guanidine groups is 1. The van der Waals surface area contributed by atoms with Gasteiger partial charge in [-0.3, -0.25) is 14.7 Å². The molecule has 31 heavy (non-hydrogen) atoms. The van der Waals surface area contributed by atoms with Crippen molar-refractivity contribution in [2.24, 2.45) is 4.99 Å². The number of aryl methyl sites for hydroxylation is 1. The van der Waals surface area contributed by atoms with Gasteiger partial charge in [-0.2, -0.15) is 0 Å². The molecule has 8 heteroatoms. The number of likely N-dealkylation sites (tertiary alicyclic amines) is 1. The van der Waals surface area contributed by atoms with Crippen LogP contribution < -0.4 is 16.0 Å². The number of nitrogens with zero attached hydrogens (tertiary/aromatic N) is 2. The average Bonchev–Trinajstić information content (AvgIpc) is 3.30. The molecule has 1 aromatic heterocycles. The number of piperidine rings is 1. The van der Waals surface area contributed by atoms with E-state index >= 15 is 0 Å². The fraction of sp³-hybridized carbons (Fsp3) is 0.478. The molecule has 1 aliphatic heterocycles. The zero-order valence-corrected chi connectivity index (χ0v) is 20.7. The second-order valence-electron chi connectivity index (χ2n) is 7.63. The van der Waals surface area contributed by atoms with Gasteiger partial charge in [0.05, 0.1) is 12.3 Å². The molecule has 0 saturated carbocycles. The van der Waals surface area contributed by atoms with E-state index in [0.717, 1.165) is 24.4 Å². The van der Waals surface area contributed by atoms with Crippen molar-refractivity contribution < 1.29 is 9.21 Å². The van der Waals surface area contributed by atoms with Gasteiger partial charge in [0.1, 0.15) is 5.76 Å². The standard InChI is InChI=1S/C23H33N5O2.HI/c1-18-8-6-9-19(16-18)22(29)25-11-12-26-23(24-2)27-17-20(21-10-7-15-30-21)28-13-4-3-5-14-28;/h6-10,15-16,20H,3-5,11-14,17H2,1-2H3,(H,25,29)(H2,24,26,27);1H. The lowest BCUT2D eigenvalue weighted by molar-refractivity contribution is 0.0954. The third kappa shape index (κ3) is 7.84. The van der Waals surface area contributed by atoms with Crippen molar-refractivity contribution in [2.45, 2.75) is 32.2 Å². The number of hydrogen-bond acceptors (Lipinski definition) is 4. The minimum atomic E-state index is -0.0635. The molecular formula is C23H34IN5O2. The average molecular weight is 539 g/mol. The van der Waals surface area contributed by atoms with Crippen LogP contribution in [-0.2, 0) is 0 Å². The Labute approximate surface area is 202 Å². The predicted octanol–water partition coefficient (Wildman–Crippen LogP) is 3.33. The summed E-state index contributed by atoms with van der Waals surface area (Å²) in [5.41, 5.74) is 1.76. The first-order valence-corrected chi connectivity index (χ1v) is 10.7. The first-order chi connectivity index (χ1) is 14.7. The zero-order valence-electron chi connectivity index (χ0n) is 18.4. The van der Waals surface area contributed by atoms with Crippen molar-refractivity contribution in [1.82, 2.24) is 20.9 Å². The minimum absolute atomic E-state index is 0. The normalized spacial score (nSPS) is 15.6. The van der Waals surface area contributed by atoms with E-state index in [2.05, 4.69) is 25.8 Å². The van der Waals surface area contributed by atoms with Crippen molar-refractivity contribution in [3.8, 4) is 0 Å². The van der Waals surface area contributed by atoms with Crippen LogP contribution in [0.5, 0.6) is 0 Å². The summed E-state index contributed by atoms with van der Waals surface area (Å²) in [6.07, 6.45) is 5.48. The highest BCUT2D eigenvalue weighted by Gasteiger charge is 2.24. The summed E-state index contributed by atoms with van der Waals surface area (Å²) < 4.78 is 5.70. The van der Waals surface area contributed by atoms with Crippen LogP contribution in [0.1, 0.15) is 47.0 Å². The van der Waals surface area contributed by atoms with Gasteiger partial charge in [-0.05, 0) is 57.1 Å². The van der Waals surface area contributed by atoms with Gasteiger partial charge in [0.15, 0.2) is 5.96 Å². The first-order valence-electron chi connectivity index (χ1n) is 10.7. The summed E-state index contributed by atoms with van der Waals surface area (Å²) in [5, 5.41) is 9.61. The number of carbonyl (C=O) groups excluding carboxylic acids is 1. The van der Waals surface area contributed by atoms with E-state index in [1.54, 1.807) is 13.3 Å². The molecule has 1 aliphatic rings. The van der Waals surface area contributed by atoms with Crippen molar-refractivity contribution in [3.05, 3.63) is 59.5 Å². The molecule has 1 aromatic carbocycles. The molecule has 0 bridgehead atoms. The molecule has 1 fully saturated rings. The van der Waals surface area contributed by atoms with Crippen molar-refractivity contribution in [2.75, 3.05) is 39.8 Å². The predicted molar refractivity (Wildman–Crippen MR) is 135 cm³/mol. The highest BCUT2D eigenvalue weighted by molar-refractivity contribution is 14.0. The van der Waals surface area contributed by atoms with Crippen LogP contribution in [0, 0.1) is 6.92 Å². The SMILES string of the molecule is CN=C(NCCNC(=O)c1cccc(C)c1)NCC(c1ccco1)N1CCCCC1.I. The highest BCUT2D eigenvalue weighted by Crippen LogP contribution is 2.24. The van der Waals surface area contributed by atoms with Gasteiger partial charge < -0.3 is 20.4 Å². The molecule has 170 valence electrons. The molecule has 1 atom stereocenters. The monoisotopic (exact) mass is 539 g/mol. The van der Waals surface area contributed by atoms with E-state index in [-0.39, 0.29) is 35.9 Å². The Hall–Kier alpha value is -2.07. The number of carbonyl (C=O) groups is 1. The summed E-state index contributed by atoms with van der Waals surface area (Å²) >= 11 is 0. The van der Waals surface area contributed by atoms with Crippen LogP contribution in [0.3, 0.4) is 0 Å². The topological polar surface area (TPSA) is 81.9 Å². The maximum atomic E-state index is 12.2. The van der Waals surface area contributed by atoms with Crippen LogP contribution in [0.15, 0.2) is 52.1 Å². The number of hydrogen-bond donors (Lipinski definition) is 3. The third-order valence-electron chi connectivity index (χ3n) is 5.37. The van der Waals surface area contributed by atoms with E-state index in [0.29, 0.717) is 31.2 Å². The molecule has 0 aliphatic carbocycles. The van der Waals surface area contributed by atoms with E-state index in [1.807, 2.05) is 43.3 Å². The van der Waals surface area contributed by atoms with Crippen LogP contribution in [-0.4, -0.2) is 56.5 Å². The third-order valence-corrected chi connectivity index (χ3v) is 5.37. The molecule has 1 saturated heterocycles. The second-order valence-corrected chi connectivity index (χ2v) is 7.63. The molecular weight excluding hydrogens is 505 g/mol. The number of nitrogens with one attached hydrogen (secondary N) is 3. The van der Waals surface area contributed by atoms with Crippen LogP contribution in [0.2, 0.25) is 0 Å². The molecule has 0 spiro atoms. The van der Waals surface area contributed by atoms with E-state index in [1.165, 1.54) is 19.3 Å². The summed E-state index contributed by atoms with van der Waals surface area (Å²) in [7, 11) is 1.75. The van der Waals surface area contributed by atoms with Gasteiger partial charge in [0, 0.05) is 32.2 Å². The molecule has 2 heterocycles. The Kier molecular flexibility index (Phi) is 10.9.